The van der Waals surface area contributed by atoms with Gasteiger partial charge in [0.25, 0.3) is 5.91 Å². The number of pyridine rings is 1. The number of aromatic nitrogens is 1. The lowest BCUT2D eigenvalue weighted by molar-refractivity contribution is 0.0659. The highest BCUT2D eigenvalue weighted by Crippen LogP contribution is 2.20. The summed E-state index contributed by atoms with van der Waals surface area (Å²) in [5, 5.41) is 0.553. The third-order valence-electron chi connectivity index (χ3n) is 5.32. The van der Waals surface area contributed by atoms with E-state index in [0.717, 1.165) is 24.2 Å². The molecule has 7 heteroatoms. The van der Waals surface area contributed by atoms with Gasteiger partial charge in [0.1, 0.15) is 5.56 Å². The zero-order valence-electron chi connectivity index (χ0n) is 17.1. The van der Waals surface area contributed by atoms with Gasteiger partial charge in [-0.3, -0.25) is 9.59 Å². The SMILES string of the molecule is COCC(COC)n1cc(C(=O)N2CCN(C)CC2)c(=O)c2cc(C)ccc21. The summed E-state index contributed by atoms with van der Waals surface area (Å²) in [5.74, 6) is -0.205. The Hall–Kier alpha value is -2.22. The molecule has 0 aliphatic carbocycles. The van der Waals surface area contributed by atoms with Gasteiger partial charge in [-0.1, -0.05) is 11.6 Å². The van der Waals surface area contributed by atoms with Gasteiger partial charge in [-0.2, -0.15) is 0 Å². The maximum atomic E-state index is 13.2. The van der Waals surface area contributed by atoms with Crippen LogP contribution < -0.4 is 5.43 Å². The quantitative estimate of drug-likeness (QED) is 0.752. The van der Waals surface area contributed by atoms with Gasteiger partial charge in [-0.25, -0.2) is 0 Å². The van der Waals surface area contributed by atoms with E-state index in [1.165, 1.54) is 0 Å². The highest BCUT2D eigenvalue weighted by Gasteiger charge is 2.25. The summed E-state index contributed by atoms with van der Waals surface area (Å²) >= 11 is 0. The van der Waals surface area contributed by atoms with Crippen molar-refractivity contribution >= 4 is 16.8 Å². The van der Waals surface area contributed by atoms with Crippen LogP contribution in [0.2, 0.25) is 0 Å². The highest BCUT2D eigenvalue weighted by atomic mass is 16.5. The van der Waals surface area contributed by atoms with Crippen molar-refractivity contribution in [3.8, 4) is 0 Å². The smallest absolute Gasteiger partial charge is 0.259 e. The molecule has 2 heterocycles. The van der Waals surface area contributed by atoms with Gasteiger partial charge in [0.15, 0.2) is 0 Å². The van der Waals surface area contributed by atoms with Crippen LogP contribution in [0.5, 0.6) is 0 Å². The number of likely N-dealkylation sites (N-methyl/N-ethyl adjacent to an activating group) is 1. The maximum absolute atomic E-state index is 13.2. The highest BCUT2D eigenvalue weighted by molar-refractivity contribution is 5.97. The second kappa shape index (κ2) is 8.86. The predicted octanol–water partition coefficient (Wildman–Crippen LogP) is 1.53. The number of aryl methyl sites for hydroxylation is 1. The van der Waals surface area contributed by atoms with Crippen LogP contribution in [-0.2, 0) is 9.47 Å². The van der Waals surface area contributed by atoms with Crippen molar-refractivity contribution in [3.63, 3.8) is 0 Å². The Labute approximate surface area is 165 Å². The maximum Gasteiger partial charge on any atom is 0.259 e. The molecule has 0 bridgehead atoms. The molecule has 1 aromatic heterocycles. The number of rotatable bonds is 6. The van der Waals surface area contributed by atoms with Crippen LogP contribution in [0.15, 0.2) is 29.2 Å². The van der Waals surface area contributed by atoms with Crippen LogP contribution in [0.4, 0.5) is 0 Å². The van der Waals surface area contributed by atoms with Gasteiger partial charge < -0.3 is 23.8 Å². The number of carbonyl (C=O) groups excluding carboxylic acids is 1. The van der Waals surface area contributed by atoms with Crippen LogP contribution in [0.25, 0.3) is 10.9 Å². The lowest BCUT2D eigenvalue weighted by Gasteiger charge is -2.32. The molecule has 7 nitrogen and oxygen atoms in total. The van der Waals surface area contributed by atoms with Crippen LogP contribution in [0.1, 0.15) is 22.0 Å². The summed E-state index contributed by atoms with van der Waals surface area (Å²) < 4.78 is 12.7. The van der Waals surface area contributed by atoms with Crippen molar-refractivity contribution in [2.24, 2.45) is 0 Å². The number of benzene rings is 1. The zero-order chi connectivity index (χ0) is 20.3. The van der Waals surface area contributed by atoms with Gasteiger partial charge in [0.05, 0.1) is 24.8 Å². The summed E-state index contributed by atoms with van der Waals surface area (Å²) in [6.07, 6.45) is 1.68. The minimum atomic E-state index is -0.215. The molecule has 3 rings (SSSR count). The van der Waals surface area contributed by atoms with E-state index in [1.807, 2.05) is 36.7 Å². The summed E-state index contributed by atoms with van der Waals surface area (Å²) in [6, 6.07) is 5.61. The van der Waals surface area contributed by atoms with Gasteiger partial charge in [0, 0.05) is 52.0 Å². The average molecular weight is 387 g/mol. The first-order valence-electron chi connectivity index (χ1n) is 9.57. The van der Waals surface area contributed by atoms with Gasteiger partial charge in [-0.05, 0) is 26.1 Å². The number of ether oxygens (including phenoxy) is 2. The lowest BCUT2D eigenvalue weighted by atomic mass is 10.1. The standard InChI is InChI=1S/C21H29N3O4/c1-15-5-6-19-17(11-15)20(25)18(12-24(19)16(13-27-3)14-28-4)21(26)23-9-7-22(2)8-10-23/h5-6,11-12,16H,7-10,13-14H2,1-4H3. The Bertz CT molecular complexity index is 894. The molecule has 1 amide bonds. The Kier molecular flexibility index (Phi) is 6.49. The van der Waals surface area contributed by atoms with E-state index in [2.05, 4.69) is 4.90 Å². The molecule has 0 unspecified atom stereocenters. The van der Waals surface area contributed by atoms with Gasteiger partial charge in [-0.15, -0.1) is 0 Å². The normalized spacial score (nSPS) is 15.5. The number of nitrogens with zero attached hydrogens (tertiary/aromatic N) is 3. The second-order valence-corrected chi connectivity index (χ2v) is 7.46. The van der Waals surface area contributed by atoms with Crippen LogP contribution in [-0.4, -0.2) is 80.9 Å². The Morgan fingerprint density at radius 2 is 1.75 bits per heavy atom. The number of piperazine rings is 1. The van der Waals surface area contributed by atoms with Crippen molar-refractivity contribution in [1.29, 1.82) is 0 Å². The van der Waals surface area contributed by atoms with Crippen LogP contribution >= 0.6 is 0 Å². The van der Waals surface area contributed by atoms with E-state index < -0.39 is 0 Å². The summed E-state index contributed by atoms with van der Waals surface area (Å²) in [5.41, 5.74) is 1.76. The van der Waals surface area contributed by atoms with Crippen molar-refractivity contribution in [1.82, 2.24) is 14.4 Å². The number of fused-ring (bicyclic) bond motifs is 1. The van der Waals surface area contributed by atoms with Crippen molar-refractivity contribution in [2.45, 2.75) is 13.0 Å². The second-order valence-electron chi connectivity index (χ2n) is 7.46. The van der Waals surface area contributed by atoms with Gasteiger partial charge >= 0.3 is 0 Å². The molecule has 1 aliphatic rings. The third kappa shape index (κ3) is 4.11. The first-order chi connectivity index (χ1) is 13.5. The summed E-state index contributed by atoms with van der Waals surface area (Å²) in [4.78, 5) is 30.3. The first kappa shape index (κ1) is 20.5. The molecule has 28 heavy (non-hydrogen) atoms. The van der Waals surface area contributed by atoms with E-state index in [4.69, 9.17) is 9.47 Å². The number of hydrogen-bond acceptors (Lipinski definition) is 5. The van der Waals surface area contributed by atoms with Gasteiger partial charge in [0.2, 0.25) is 5.43 Å². The molecular weight excluding hydrogens is 358 g/mol. The van der Waals surface area contributed by atoms with Crippen LogP contribution in [0, 0.1) is 6.92 Å². The molecule has 1 saturated heterocycles. The average Bonchev–Trinajstić information content (AvgIpc) is 2.68. The fraction of sp³-hybridized carbons (Fsp3) is 0.524. The topological polar surface area (TPSA) is 64.0 Å². The Morgan fingerprint density at radius 3 is 2.36 bits per heavy atom. The van der Waals surface area contributed by atoms with E-state index in [-0.39, 0.29) is 22.9 Å². The van der Waals surface area contributed by atoms with Crippen molar-refractivity contribution < 1.29 is 14.3 Å². The monoisotopic (exact) mass is 387 g/mol. The van der Waals surface area contributed by atoms with Crippen molar-refractivity contribution in [3.05, 3.63) is 45.7 Å². The zero-order valence-corrected chi connectivity index (χ0v) is 17.1. The molecular formula is C21H29N3O4. The molecule has 152 valence electrons. The Morgan fingerprint density at radius 1 is 1.11 bits per heavy atom. The number of amides is 1. The first-order valence-corrected chi connectivity index (χ1v) is 9.57. The fourth-order valence-corrected chi connectivity index (χ4v) is 3.70. The fourth-order valence-electron chi connectivity index (χ4n) is 3.70. The molecule has 1 fully saturated rings. The molecule has 0 saturated carbocycles. The largest absolute Gasteiger partial charge is 0.382 e. The molecule has 0 spiro atoms. The van der Waals surface area contributed by atoms with Crippen LogP contribution in [0.3, 0.4) is 0 Å². The minimum Gasteiger partial charge on any atom is -0.382 e. The minimum absolute atomic E-state index is 0.139. The molecule has 1 aliphatic heterocycles. The molecule has 0 radical (unpaired) electrons. The number of carbonyl (C=O) groups is 1. The predicted molar refractivity (Wildman–Crippen MR) is 109 cm³/mol. The molecule has 1 aromatic carbocycles. The number of hydrogen-bond donors (Lipinski definition) is 0. The summed E-state index contributed by atoms with van der Waals surface area (Å²) in [6.45, 7) is 5.65. The molecule has 0 N–H and O–H groups in total. The van der Waals surface area contributed by atoms with E-state index in [9.17, 15) is 9.59 Å². The van der Waals surface area contributed by atoms with E-state index >= 15 is 0 Å². The Balaban J connectivity index is 2.13. The lowest BCUT2D eigenvalue weighted by Crippen LogP contribution is -2.48. The molecule has 0 atom stereocenters. The summed E-state index contributed by atoms with van der Waals surface area (Å²) in [7, 11) is 5.30. The van der Waals surface area contributed by atoms with Crippen molar-refractivity contribution in [2.75, 3.05) is 60.7 Å². The molecule has 2 aromatic rings. The van der Waals surface area contributed by atoms with E-state index in [1.54, 1.807) is 25.3 Å². The number of methoxy groups -OCH3 is 2. The third-order valence-corrected chi connectivity index (χ3v) is 5.32. The van der Waals surface area contributed by atoms with E-state index in [0.29, 0.717) is 31.7 Å².